The van der Waals surface area contributed by atoms with Crippen LogP contribution in [0.15, 0.2) is 152 Å². The first kappa shape index (κ1) is 56.1. The van der Waals surface area contributed by atoms with E-state index in [2.05, 4.69) is 4.89 Å². The number of halogens is 4. The van der Waals surface area contributed by atoms with Gasteiger partial charge >= 0.3 is 103 Å². The van der Waals surface area contributed by atoms with Crippen LogP contribution in [0.3, 0.4) is 0 Å². The van der Waals surface area contributed by atoms with E-state index in [4.69, 9.17) is 45.5 Å². The minimum absolute atomic E-state index is 0. The van der Waals surface area contributed by atoms with Crippen molar-refractivity contribution in [1.29, 1.82) is 15.8 Å². The zero-order valence-electron chi connectivity index (χ0n) is 35.6. The largest absolute Gasteiger partial charge is 1.00 e. The van der Waals surface area contributed by atoms with Crippen molar-refractivity contribution in [3.8, 4) is 52.7 Å². The van der Waals surface area contributed by atoms with E-state index < -0.39 is 28.8 Å². The Labute approximate surface area is 460 Å². The molecule has 0 aliphatic carbocycles. The summed E-state index contributed by atoms with van der Waals surface area (Å²) in [7, 11) is 0. The zero-order valence-corrected chi connectivity index (χ0v) is 40.9. The fourth-order valence-electron chi connectivity index (χ4n) is 5.16. The Bertz CT molecular complexity index is 2700. The van der Waals surface area contributed by atoms with Gasteiger partial charge in [-0.1, -0.05) is 18.2 Å². The maximum atomic E-state index is 13.7. The van der Waals surface area contributed by atoms with Gasteiger partial charge < -0.3 is 31.3 Å². The molecule has 320 valence electrons. The van der Waals surface area contributed by atoms with Crippen molar-refractivity contribution in [1.82, 2.24) is 0 Å². The Balaban J connectivity index is 0.000000562. The van der Waals surface area contributed by atoms with Gasteiger partial charge in [0.05, 0.1) is 0 Å². The summed E-state index contributed by atoms with van der Waals surface area (Å²) in [6.45, 7) is -0.181. The molecule has 0 radical (unpaired) electrons. The molecule has 0 aliphatic rings. The summed E-state index contributed by atoms with van der Waals surface area (Å²) < 4.78 is 63.4. The van der Waals surface area contributed by atoms with Crippen LogP contribution in [0.25, 0.3) is 0 Å². The van der Waals surface area contributed by atoms with Crippen LogP contribution >= 0.6 is 0 Å². The van der Waals surface area contributed by atoms with Gasteiger partial charge in [-0.15, -0.1) is 0 Å². The van der Waals surface area contributed by atoms with Crippen LogP contribution in [0.2, 0.25) is 0 Å². The molecule has 66 heavy (non-hydrogen) atoms. The molecule has 0 amide bonds. The summed E-state index contributed by atoms with van der Waals surface area (Å²) in [5.41, 5.74) is 0.847. The summed E-state index contributed by atoms with van der Waals surface area (Å²) in [5, 5.41) is 53.0. The molecule has 0 aromatic heterocycles. The molecular weight excluding hydrogens is 917 g/mol. The standard InChI is InChI=1S/C27H14F2N2O3.C13H10O3.C7H3F2N.CH2O3.2K.H/c28-23-3-1-5-25(21(23)15-30)33-19-11-7-17(8-12-19)27(32)18-9-13-20(14-10-18)34-26-6-2-4-24(29)22(26)16-31;14-11-5-1-9(2-6-11)13(16)10-3-7-12(15)8-4-10;8-6-2-1-3-7(9)5(6)4-10;2-1-4-3;;;/h1-14H;1-8,14-15H;1-3H;1,3H;;;/q;;;;2*+1;-1/p-1. The van der Waals surface area contributed by atoms with Gasteiger partial charge in [0.15, 0.2) is 11.6 Å². The summed E-state index contributed by atoms with van der Waals surface area (Å²) >= 11 is 0. The maximum Gasteiger partial charge on any atom is 1.00 e. The number of rotatable bonds is 9. The van der Waals surface area contributed by atoms with Gasteiger partial charge in [-0.25, -0.2) is 17.6 Å². The van der Waals surface area contributed by atoms with E-state index in [1.54, 1.807) is 84.9 Å². The van der Waals surface area contributed by atoms with Gasteiger partial charge in [0.25, 0.3) is 6.47 Å². The molecular formula is C48H29F4K2N3O9. The Morgan fingerprint density at radius 1 is 0.485 bits per heavy atom. The number of phenolic OH excluding ortho intramolecular Hbond substituents is 2. The molecule has 0 aliphatic heterocycles. The van der Waals surface area contributed by atoms with Crippen molar-refractivity contribution in [2.24, 2.45) is 0 Å². The summed E-state index contributed by atoms with van der Waals surface area (Å²) in [6, 6.07) is 40.9. The number of carbonyl (C=O) groups is 3. The summed E-state index contributed by atoms with van der Waals surface area (Å²) in [6.07, 6.45) is 0. The van der Waals surface area contributed by atoms with Gasteiger partial charge in [-0.05, 0) is 133 Å². The van der Waals surface area contributed by atoms with E-state index in [1.165, 1.54) is 72.8 Å². The number of benzene rings is 7. The second-order valence-electron chi connectivity index (χ2n) is 12.4. The quantitative estimate of drug-likeness (QED) is 0.0533. The molecule has 0 unspecified atom stereocenters. The van der Waals surface area contributed by atoms with Crippen molar-refractivity contribution >= 4 is 18.0 Å². The molecule has 2 N–H and O–H groups in total. The number of hydrogen-bond donors (Lipinski definition) is 2. The predicted molar refractivity (Wildman–Crippen MR) is 218 cm³/mol. The van der Waals surface area contributed by atoms with Gasteiger partial charge in [0.2, 0.25) is 0 Å². The number of aromatic hydroxyl groups is 2. The Hall–Kier alpha value is -6.03. The number of ether oxygens (including phenoxy) is 2. The van der Waals surface area contributed by atoms with Gasteiger partial charge in [-0.2, -0.15) is 15.8 Å². The molecule has 0 atom stereocenters. The smallest absolute Gasteiger partial charge is 1.00 e. The monoisotopic (exact) mass is 945 g/mol. The first-order valence-corrected chi connectivity index (χ1v) is 18.0. The number of phenols is 2. The first-order valence-electron chi connectivity index (χ1n) is 18.0. The fraction of sp³-hybridized carbons (Fsp3) is 0. The topological polar surface area (TPSA) is 214 Å². The number of ketones is 2. The minimum Gasteiger partial charge on any atom is -1.00 e. The zero-order chi connectivity index (χ0) is 46.6. The van der Waals surface area contributed by atoms with Crippen molar-refractivity contribution in [2.45, 2.75) is 0 Å². The first-order chi connectivity index (χ1) is 30.8. The molecule has 0 saturated heterocycles. The molecule has 7 rings (SSSR count). The van der Waals surface area contributed by atoms with E-state index in [-0.39, 0.29) is 156 Å². The third kappa shape index (κ3) is 16.4. The number of carbonyl (C=O) groups excluding carboxylic acids is 3. The average Bonchev–Trinajstić information content (AvgIpc) is 3.30. The Kier molecular flexibility index (Phi) is 24.5. The van der Waals surface area contributed by atoms with Crippen LogP contribution in [0.5, 0.6) is 34.5 Å². The molecule has 0 heterocycles. The third-order valence-corrected chi connectivity index (χ3v) is 8.24. The van der Waals surface area contributed by atoms with Crippen molar-refractivity contribution < 1.29 is 166 Å². The van der Waals surface area contributed by atoms with Crippen molar-refractivity contribution in [3.05, 3.63) is 214 Å². The van der Waals surface area contributed by atoms with E-state index in [0.29, 0.717) is 33.8 Å². The molecule has 12 nitrogen and oxygen atoms in total. The molecule has 18 heteroatoms. The number of nitrogens with zero attached hydrogens (tertiary/aromatic N) is 3. The van der Waals surface area contributed by atoms with Gasteiger partial charge in [0, 0.05) is 22.3 Å². The second kappa shape index (κ2) is 28.8. The Morgan fingerprint density at radius 3 is 1.00 bits per heavy atom. The SMILES string of the molecule is N#Cc1c(F)cccc1F.N#Cc1c(F)cccc1Oc1ccc(C(=O)c2ccc(Oc3cccc(F)c3C#N)cc2)cc1.O=C(c1ccc(O)cc1)c1ccc(O)cc1.O=CO[O-].[H-].[K+].[K+]. The van der Waals surface area contributed by atoms with Crippen LogP contribution in [-0.2, 0) is 9.68 Å². The van der Waals surface area contributed by atoms with Gasteiger partial charge in [0.1, 0.15) is 92.7 Å². The molecule has 7 aromatic carbocycles. The maximum absolute atomic E-state index is 13.7. The minimum atomic E-state index is -0.817. The summed E-state index contributed by atoms with van der Waals surface area (Å²) in [4.78, 5) is 36.0. The van der Waals surface area contributed by atoms with Crippen LogP contribution < -0.4 is 118 Å². The summed E-state index contributed by atoms with van der Waals surface area (Å²) in [5.74, 6) is -2.30. The third-order valence-electron chi connectivity index (χ3n) is 8.24. The van der Waals surface area contributed by atoms with Crippen LogP contribution in [0.1, 0.15) is 50.0 Å². The van der Waals surface area contributed by atoms with Gasteiger partial charge in [-0.3, -0.25) is 14.4 Å². The Morgan fingerprint density at radius 2 is 0.742 bits per heavy atom. The second-order valence-corrected chi connectivity index (χ2v) is 12.4. The molecule has 0 bridgehead atoms. The fourth-order valence-corrected chi connectivity index (χ4v) is 5.16. The van der Waals surface area contributed by atoms with Crippen molar-refractivity contribution in [2.75, 3.05) is 0 Å². The average molecular weight is 946 g/mol. The predicted octanol–water partition coefficient (Wildman–Crippen LogP) is 3.24. The van der Waals surface area contributed by atoms with E-state index in [1.807, 2.05) is 0 Å². The molecule has 0 saturated carbocycles. The van der Waals surface area contributed by atoms with Crippen LogP contribution in [0, 0.1) is 57.3 Å². The molecule has 0 fully saturated rings. The van der Waals surface area contributed by atoms with E-state index in [0.717, 1.165) is 12.1 Å². The van der Waals surface area contributed by atoms with Crippen molar-refractivity contribution in [3.63, 3.8) is 0 Å². The number of nitriles is 3. The molecule has 0 spiro atoms. The van der Waals surface area contributed by atoms with Crippen LogP contribution in [-0.4, -0.2) is 28.3 Å². The number of hydrogen-bond acceptors (Lipinski definition) is 12. The van der Waals surface area contributed by atoms with E-state index >= 15 is 0 Å². The normalized spacial score (nSPS) is 9.30. The molecule has 7 aromatic rings. The van der Waals surface area contributed by atoms with E-state index in [9.17, 15) is 27.2 Å². The van der Waals surface area contributed by atoms with Crippen LogP contribution in [0.4, 0.5) is 17.6 Å².